The quantitative estimate of drug-likeness (QED) is 0.773. The average Bonchev–Trinajstić information content (AvgIpc) is 2.43. The highest BCUT2D eigenvalue weighted by atomic mass is 79.9. The van der Waals surface area contributed by atoms with Crippen LogP contribution in [0.3, 0.4) is 0 Å². The van der Waals surface area contributed by atoms with Crippen molar-refractivity contribution in [3.8, 4) is 11.5 Å². The summed E-state index contributed by atoms with van der Waals surface area (Å²) in [4.78, 5) is 0. The van der Waals surface area contributed by atoms with Gasteiger partial charge in [0, 0.05) is 11.6 Å². The first-order chi connectivity index (χ1) is 9.19. The molecule has 1 aromatic carbocycles. The lowest BCUT2D eigenvalue weighted by atomic mass is 10.0. The number of hydrogen-bond acceptors (Lipinski definition) is 4. The monoisotopic (exact) mass is 347 g/mol. The second-order valence-corrected chi connectivity index (χ2v) is 5.87. The third kappa shape index (κ3) is 4.29. The zero-order valence-electron chi connectivity index (χ0n) is 12.0. The number of rotatable bonds is 8. The first-order valence-corrected chi connectivity index (χ1v) is 8.50. The summed E-state index contributed by atoms with van der Waals surface area (Å²) in [7, 11) is 3.36. The third-order valence-electron chi connectivity index (χ3n) is 2.95. The van der Waals surface area contributed by atoms with Crippen LogP contribution in [-0.2, 0) is 0 Å². The number of ether oxygens (including phenoxy) is 2. The number of benzene rings is 1. The van der Waals surface area contributed by atoms with E-state index >= 15 is 0 Å². The molecule has 0 spiro atoms. The topological polar surface area (TPSA) is 30.5 Å². The largest absolute Gasteiger partial charge is 0.495 e. The second kappa shape index (κ2) is 8.72. The molecule has 0 aromatic heterocycles. The molecular weight excluding hydrogens is 326 g/mol. The summed E-state index contributed by atoms with van der Waals surface area (Å²) in [5.74, 6) is 2.76. The summed E-state index contributed by atoms with van der Waals surface area (Å²) in [6.07, 6.45) is 3.20. The number of methoxy groups -OCH3 is 2. The Bertz CT molecular complexity index is 401. The number of nitrogens with one attached hydrogen (secondary N) is 1. The molecule has 0 aliphatic rings. The maximum atomic E-state index is 5.55. The van der Waals surface area contributed by atoms with Gasteiger partial charge in [-0.2, -0.15) is 11.8 Å². The molecule has 0 radical (unpaired) electrons. The van der Waals surface area contributed by atoms with Crippen molar-refractivity contribution in [2.24, 2.45) is 0 Å². The Balaban J connectivity index is 3.10. The van der Waals surface area contributed by atoms with E-state index in [1.54, 1.807) is 14.2 Å². The van der Waals surface area contributed by atoms with Crippen LogP contribution in [0.4, 0.5) is 0 Å². The van der Waals surface area contributed by atoms with Gasteiger partial charge < -0.3 is 14.8 Å². The molecule has 0 amide bonds. The van der Waals surface area contributed by atoms with Crippen LogP contribution in [0.5, 0.6) is 11.5 Å². The lowest BCUT2D eigenvalue weighted by molar-refractivity contribution is 0.379. The van der Waals surface area contributed by atoms with Gasteiger partial charge in [0.1, 0.15) is 16.0 Å². The highest BCUT2D eigenvalue weighted by Gasteiger charge is 2.19. The van der Waals surface area contributed by atoms with E-state index in [0.29, 0.717) is 6.04 Å². The maximum Gasteiger partial charge on any atom is 0.141 e. The van der Waals surface area contributed by atoms with Crippen molar-refractivity contribution in [1.29, 1.82) is 0 Å². The molecule has 19 heavy (non-hydrogen) atoms. The Labute approximate surface area is 128 Å². The Hall–Kier alpha value is -0.390. The van der Waals surface area contributed by atoms with Crippen LogP contribution in [0.2, 0.25) is 0 Å². The summed E-state index contributed by atoms with van der Waals surface area (Å²) in [6.45, 7) is 3.06. The zero-order valence-corrected chi connectivity index (χ0v) is 14.4. The summed E-state index contributed by atoms with van der Waals surface area (Å²) >= 11 is 5.42. The van der Waals surface area contributed by atoms with Gasteiger partial charge in [-0.15, -0.1) is 0 Å². The van der Waals surface area contributed by atoms with Crippen molar-refractivity contribution < 1.29 is 9.47 Å². The van der Waals surface area contributed by atoms with Gasteiger partial charge >= 0.3 is 0 Å². The molecule has 0 aliphatic heterocycles. The van der Waals surface area contributed by atoms with Gasteiger partial charge in [0.05, 0.1) is 14.2 Å². The first kappa shape index (κ1) is 16.7. The summed E-state index contributed by atoms with van der Waals surface area (Å²) < 4.78 is 11.7. The smallest absolute Gasteiger partial charge is 0.141 e. The first-order valence-electron chi connectivity index (χ1n) is 6.32. The van der Waals surface area contributed by atoms with Crippen LogP contribution in [0.25, 0.3) is 0 Å². The Morgan fingerprint density at radius 1 is 1.32 bits per heavy atom. The molecule has 0 bridgehead atoms. The summed E-state index contributed by atoms with van der Waals surface area (Å²) in [5, 5.41) is 3.52. The van der Waals surface area contributed by atoms with E-state index in [0.717, 1.165) is 34.7 Å². The molecule has 0 saturated heterocycles. The minimum absolute atomic E-state index is 0.301. The predicted molar refractivity (Wildman–Crippen MR) is 86.7 cm³/mol. The van der Waals surface area contributed by atoms with Crippen molar-refractivity contribution in [3.05, 3.63) is 22.2 Å². The third-order valence-corrected chi connectivity index (χ3v) is 4.35. The number of hydrogen-bond donors (Lipinski definition) is 1. The maximum absolute atomic E-state index is 5.55. The van der Waals surface area contributed by atoms with E-state index in [2.05, 4.69) is 40.5 Å². The van der Waals surface area contributed by atoms with E-state index in [1.807, 2.05) is 17.8 Å². The minimum atomic E-state index is 0.301. The van der Waals surface area contributed by atoms with Crippen LogP contribution in [0.1, 0.15) is 24.9 Å². The molecule has 108 valence electrons. The van der Waals surface area contributed by atoms with E-state index < -0.39 is 0 Å². The fraction of sp³-hybridized carbons (Fsp3) is 0.571. The normalized spacial score (nSPS) is 12.3. The van der Waals surface area contributed by atoms with E-state index in [1.165, 1.54) is 5.56 Å². The minimum Gasteiger partial charge on any atom is -0.495 e. The molecule has 0 saturated carbocycles. The lowest BCUT2D eigenvalue weighted by Crippen LogP contribution is -2.22. The standard InChI is InChI=1S/C14H22BrNO2S/c1-5-16-11(8-9-19-4)10-6-7-12(17-2)13(15)14(10)18-3/h6-7,11,16H,5,8-9H2,1-4H3. The molecule has 1 aromatic rings. The average molecular weight is 348 g/mol. The lowest BCUT2D eigenvalue weighted by Gasteiger charge is -2.22. The fourth-order valence-electron chi connectivity index (χ4n) is 2.04. The molecule has 1 unspecified atom stereocenters. The van der Waals surface area contributed by atoms with Crippen molar-refractivity contribution in [3.63, 3.8) is 0 Å². The zero-order chi connectivity index (χ0) is 14.3. The van der Waals surface area contributed by atoms with Crippen LogP contribution in [0, 0.1) is 0 Å². The Kier molecular flexibility index (Phi) is 7.64. The van der Waals surface area contributed by atoms with Gasteiger partial charge in [-0.3, -0.25) is 0 Å². The van der Waals surface area contributed by atoms with Gasteiger partial charge in [-0.1, -0.05) is 6.92 Å². The number of thioether (sulfide) groups is 1. The van der Waals surface area contributed by atoms with Crippen molar-refractivity contribution in [2.75, 3.05) is 32.8 Å². The highest BCUT2D eigenvalue weighted by molar-refractivity contribution is 9.10. The van der Waals surface area contributed by atoms with Crippen LogP contribution >= 0.6 is 27.7 Å². The molecule has 1 N–H and O–H groups in total. The van der Waals surface area contributed by atoms with Crippen molar-refractivity contribution >= 4 is 27.7 Å². The van der Waals surface area contributed by atoms with Gasteiger partial charge in [0.25, 0.3) is 0 Å². The Morgan fingerprint density at radius 2 is 2.05 bits per heavy atom. The van der Waals surface area contributed by atoms with Crippen LogP contribution in [-0.4, -0.2) is 32.8 Å². The second-order valence-electron chi connectivity index (χ2n) is 4.10. The van der Waals surface area contributed by atoms with E-state index in [4.69, 9.17) is 9.47 Å². The molecule has 5 heteroatoms. The number of halogens is 1. The van der Waals surface area contributed by atoms with Gasteiger partial charge in [0.2, 0.25) is 0 Å². The molecule has 0 heterocycles. The van der Waals surface area contributed by atoms with Gasteiger partial charge in [-0.05, 0) is 53.0 Å². The molecular formula is C14H22BrNO2S. The highest BCUT2D eigenvalue weighted by Crippen LogP contribution is 2.40. The van der Waals surface area contributed by atoms with E-state index in [-0.39, 0.29) is 0 Å². The van der Waals surface area contributed by atoms with E-state index in [9.17, 15) is 0 Å². The fourth-order valence-corrected chi connectivity index (χ4v) is 3.20. The SMILES string of the molecule is CCNC(CCSC)c1ccc(OC)c(Br)c1OC. The molecule has 0 fully saturated rings. The van der Waals surface area contributed by atoms with Crippen molar-refractivity contribution in [1.82, 2.24) is 5.32 Å². The Morgan fingerprint density at radius 3 is 2.58 bits per heavy atom. The van der Waals surface area contributed by atoms with Crippen LogP contribution < -0.4 is 14.8 Å². The van der Waals surface area contributed by atoms with Crippen LogP contribution in [0.15, 0.2) is 16.6 Å². The summed E-state index contributed by atoms with van der Waals surface area (Å²) in [5.41, 5.74) is 1.17. The molecule has 0 aliphatic carbocycles. The molecule has 1 rings (SSSR count). The summed E-state index contributed by atoms with van der Waals surface area (Å²) in [6, 6.07) is 4.36. The molecule has 1 atom stereocenters. The predicted octanol–water partition coefficient (Wildman–Crippen LogP) is 3.87. The van der Waals surface area contributed by atoms with Gasteiger partial charge in [0.15, 0.2) is 0 Å². The molecule has 3 nitrogen and oxygen atoms in total. The van der Waals surface area contributed by atoms with Crippen molar-refractivity contribution in [2.45, 2.75) is 19.4 Å². The van der Waals surface area contributed by atoms with Gasteiger partial charge in [-0.25, -0.2) is 0 Å².